The number of halogens is 1. The van der Waals surface area contributed by atoms with Gasteiger partial charge in [0.25, 0.3) is 5.91 Å². The molecular formula is C25H23ClN4O4S. The van der Waals surface area contributed by atoms with Crippen LogP contribution in [0.5, 0.6) is 5.75 Å². The zero-order valence-electron chi connectivity index (χ0n) is 18.9. The molecule has 0 bridgehead atoms. The van der Waals surface area contributed by atoms with E-state index in [2.05, 4.69) is 10.3 Å². The second-order valence-corrected chi connectivity index (χ2v) is 10.6. The van der Waals surface area contributed by atoms with E-state index in [0.717, 1.165) is 44.9 Å². The number of pyridine rings is 1. The molecule has 3 amide bonds. The summed E-state index contributed by atoms with van der Waals surface area (Å²) in [5.74, 6) is 0.405. The van der Waals surface area contributed by atoms with Gasteiger partial charge in [-0.25, -0.2) is 0 Å². The first-order valence-electron chi connectivity index (χ1n) is 11.7. The van der Waals surface area contributed by atoms with E-state index in [1.54, 1.807) is 6.20 Å². The lowest BCUT2D eigenvalue weighted by Gasteiger charge is -2.29. The van der Waals surface area contributed by atoms with Crippen LogP contribution in [0.4, 0.5) is 0 Å². The minimum absolute atomic E-state index is 0.00278. The Morgan fingerprint density at radius 3 is 2.69 bits per heavy atom. The topological polar surface area (TPSA) is 91.8 Å². The van der Waals surface area contributed by atoms with Crippen molar-refractivity contribution in [2.45, 2.75) is 31.9 Å². The van der Waals surface area contributed by atoms with Crippen molar-refractivity contribution in [3.8, 4) is 16.9 Å². The first kappa shape index (κ1) is 22.5. The Bertz CT molecular complexity index is 1350. The fourth-order valence-electron chi connectivity index (χ4n) is 4.98. The van der Waals surface area contributed by atoms with Crippen molar-refractivity contribution in [3.05, 3.63) is 45.9 Å². The highest BCUT2D eigenvalue weighted by molar-refractivity contribution is 7.19. The number of benzene rings is 1. The van der Waals surface area contributed by atoms with Crippen LogP contribution in [0, 0.1) is 0 Å². The number of imide groups is 1. The molecule has 1 aromatic carbocycles. The van der Waals surface area contributed by atoms with Gasteiger partial charge in [-0.05, 0) is 24.3 Å². The normalized spacial score (nSPS) is 20.0. The third-order valence-corrected chi connectivity index (χ3v) is 8.08. The minimum atomic E-state index is -0.566. The molecule has 0 radical (unpaired) electrons. The van der Waals surface area contributed by atoms with Crippen LogP contribution < -0.4 is 10.1 Å². The summed E-state index contributed by atoms with van der Waals surface area (Å²) >= 11 is 8.00. The molecule has 1 N–H and O–H groups in total. The summed E-state index contributed by atoms with van der Waals surface area (Å²) in [7, 11) is 0. The molecule has 0 unspecified atom stereocenters. The lowest BCUT2D eigenvalue weighted by Crippen LogP contribution is -2.50. The van der Waals surface area contributed by atoms with Crippen LogP contribution in [0.1, 0.15) is 23.3 Å². The Labute approximate surface area is 210 Å². The fraction of sp³-hybridized carbons (Fsp3) is 0.360. The molecule has 2 saturated heterocycles. The van der Waals surface area contributed by atoms with Crippen LogP contribution in [-0.4, -0.2) is 64.8 Å². The number of likely N-dealkylation sites (tertiary alicyclic amines) is 1. The monoisotopic (exact) mass is 510 g/mol. The summed E-state index contributed by atoms with van der Waals surface area (Å²) in [6, 6.07) is 7.56. The molecule has 3 aliphatic heterocycles. The molecular weight excluding hydrogens is 488 g/mol. The van der Waals surface area contributed by atoms with E-state index in [4.69, 9.17) is 16.3 Å². The molecule has 0 saturated carbocycles. The van der Waals surface area contributed by atoms with Crippen LogP contribution in [0.2, 0.25) is 5.02 Å². The highest BCUT2D eigenvalue weighted by atomic mass is 35.5. The van der Waals surface area contributed by atoms with E-state index in [9.17, 15) is 14.4 Å². The van der Waals surface area contributed by atoms with Gasteiger partial charge in [-0.3, -0.25) is 24.3 Å². The van der Waals surface area contributed by atoms with Crippen molar-refractivity contribution >= 4 is 50.9 Å². The van der Waals surface area contributed by atoms with E-state index in [1.807, 2.05) is 29.2 Å². The highest BCUT2D eigenvalue weighted by Crippen LogP contribution is 2.45. The number of carbonyl (C=O) groups excluding carboxylic acids is 3. The van der Waals surface area contributed by atoms with Gasteiger partial charge < -0.3 is 15.0 Å². The number of nitrogens with one attached hydrogen (secondary N) is 1. The Morgan fingerprint density at radius 1 is 1.14 bits per heavy atom. The van der Waals surface area contributed by atoms with Gasteiger partial charge in [-0.1, -0.05) is 11.6 Å². The van der Waals surface area contributed by atoms with Crippen molar-refractivity contribution in [1.82, 2.24) is 20.1 Å². The second kappa shape index (κ2) is 8.89. The fourth-order valence-corrected chi connectivity index (χ4v) is 6.36. The summed E-state index contributed by atoms with van der Waals surface area (Å²) in [6.07, 6.45) is 2.18. The summed E-state index contributed by atoms with van der Waals surface area (Å²) in [4.78, 5) is 45.8. The predicted octanol–water partition coefficient (Wildman–Crippen LogP) is 3.00. The van der Waals surface area contributed by atoms with Gasteiger partial charge in [-0.15, -0.1) is 11.3 Å². The molecule has 2 aromatic heterocycles. The van der Waals surface area contributed by atoms with E-state index in [1.165, 1.54) is 16.2 Å². The van der Waals surface area contributed by atoms with Gasteiger partial charge in [0.15, 0.2) is 6.10 Å². The quantitative estimate of drug-likeness (QED) is 0.542. The van der Waals surface area contributed by atoms with Crippen molar-refractivity contribution in [2.24, 2.45) is 0 Å². The van der Waals surface area contributed by atoms with Gasteiger partial charge in [-0.2, -0.15) is 0 Å². The molecule has 3 aromatic rings. The number of carbonyl (C=O) groups is 3. The number of ether oxygens (including phenoxy) is 1. The molecule has 35 heavy (non-hydrogen) atoms. The average Bonchev–Trinajstić information content (AvgIpc) is 3.56. The standard InChI is InChI=1S/C25H23ClN4O4S/c26-15-9-14-10-20(25(33)29-7-5-27-6-8-29)34-23(14)18(11-15)17-3-4-28-19-12-16(35-24(17)19)13-30-21(31)1-2-22(30)32/h3-4,9,11-12,20,27H,1-2,5-8,10,13H2/t20-/m1/s1. The van der Waals surface area contributed by atoms with Gasteiger partial charge >= 0.3 is 0 Å². The number of nitrogens with zero attached hydrogens (tertiary/aromatic N) is 3. The zero-order chi connectivity index (χ0) is 24.1. The maximum Gasteiger partial charge on any atom is 0.264 e. The van der Waals surface area contributed by atoms with Gasteiger partial charge in [0.2, 0.25) is 11.8 Å². The lowest BCUT2D eigenvalue weighted by molar-refractivity contribution is -0.139. The summed E-state index contributed by atoms with van der Waals surface area (Å²) in [5, 5.41) is 3.84. The summed E-state index contributed by atoms with van der Waals surface area (Å²) in [6.45, 7) is 3.17. The second-order valence-electron chi connectivity index (χ2n) is 8.99. The molecule has 6 rings (SSSR count). The predicted molar refractivity (Wildman–Crippen MR) is 132 cm³/mol. The molecule has 8 nitrogen and oxygen atoms in total. The van der Waals surface area contributed by atoms with Crippen LogP contribution in [-0.2, 0) is 27.3 Å². The number of fused-ring (bicyclic) bond motifs is 2. The number of hydrogen-bond donors (Lipinski definition) is 1. The first-order valence-corrected chi connectivity index (χ1v) is 12.9. The zero-order valence-corrected chi connectivity index (χ0v) is 20.5. The van der Waals surface area contributed by atoms with Gasteiger partial charge in [0.05, 0.1) is 16.8 Å². The summed E-state index contributed by atoms with van der Waals surface area (Å²) in [5.41, 5.74) is 3.41. The Balaban J connectivity index is 1.34. The number of amides is 3. The molecule has 5 heterocycles. The third kappa shape index (κ3) is 4.07. The number of piperazine rings is 1. The maximum absolute atomic E-state index is 13.1. The molecule has 10 heteroatoms. The smallest absolute Gasteiger partial charge is 0.264 e. The van der Waals surface area contributed by atoms with Crippen molar-refractivity contribution in [1.29, 1.82) is 0 Å². The van der Waals surface area contributed by atoms with Gasteiger partial charge in [0, 0.05) is 78.2 Å². The van der Waals surface area contributed by atoms with Gasteiger partial charge in [0.1, 0.15) is 5.75 Å². The van der Waals surface area contributed by atoms with E-state index < -0.39 is 6.10 Å². The number of thiophene rings is 1. The molecule has 3 aliphatic rings. The van der Waals surface area contributed by atoms with Crippen molar-refractivity contribution in [3.63, 3.8) is 0 Å². The van der Waals surface area contributed by atoms with Crippen molar-refractivity contribution in [2.75, 3.05) is 26.2 Å². The summed E-state index contributed by atoms with van der Waals surface area (Å²) < 4.78 is 7.19. The maximum atomic E-state index is 13.1. The largest absolute Gasteiger partial charge is 0.479 e. The van der Waals surface area contributed by atoms with Crippen LogP contribution >= 0.6 is 22.9 Å². The van der Waals surface area contributed by atoms with Crippen LogP contribution in [0.15, 0.2) is 30.5 Å². The molecule has 0 spiro atoms. The van der Waals surface area contributed by atoms with Crippen LogP contribution in [0.25, 0.3) is 21.3 Å². The number of rotatable bonds is 4. The number of hydrogen-bond acceptors (Lipinski definition) is 7. The number of aromatic nitrogens is 1. The Morgan fingerprint density at radius 2 is 1.91 bits per heavy atom. The SMILES string of the molecule is O=C([C@H]1Cc2cc(Cl)cc(-c3ccnc4cc(CN5C(=O)CCC5=O)sc34)c2O1)N1CCNCC1. The minimum Gasteiger partial charge on any atom is -0.479 e. The van der Waals surface area contributed by atoms with E-state index >= 15 is 0 Å². The average molecular weight is 511 g/mol. The first-order chi connectivity index (χ1) is 17.0. The Hall–Kier alpha value is -3.01. The molecule has 1 atom stereocenters. The van der Waals surface area contributed by atoms with E-state index in [0.29, 0.717) is 30.3 Å². The molecule has 180 valence electrons. The molecule has 0 aliphatic carbocycles. The van der Waals surface area contributed by atoms with E-state index in [-0.39, 0.29) is 37.1 Å². The highest BCUT2D eigenvalue weighted by Gasteiger charge is 2.35. The Kier molecular flexibility index (Phi) is 5.70. The van der Waals surface area contributed by atoms with Crippen LogP contribution in [0.3, 0.4) is 0 Å². The lowest BCUT2D eigenvalue weighted by atomic mass is 10.0. The van der Waals surface area contributed by atoms with Crippen molar-refractivity contribution < 1.29 is 19.1 Å². The third-order valence-electron chi connectivity index (χ3n) is 6.72. The molecule has 2 fully saturated rings.